The molecule has 0 saturated heterocycles. The quantitative estimate of drug-likeness (QED) is 0.543. The standard InChI is InChI=1S/C23H26FN3O4S/c1-10-17(16-8-13-12(14(28)9-25)4-3-5-15(13)32-16)19(24)21(31-2)18-20(10)27(11-6-7-11)23(30)26-22(18)29/h8,11-12,14,28H,3-7,9,25H2,1-2H3,(H,26,29,30). The first-order valence-corrected chi connectivity index (χ1v) is 11.7. The number of nitrogens with two attached hydrogens (primary N) is 1. The first-order valence-electron chi connectivity index (χ1n) is 10.9. The molecular formula is C23H26FN3O4S. The molecule has 1 saturated carbocycles. The van der Waals surface area contributed by atoms with Crippen LogP contribution in [-0.4, -0.2) is 34.4 Å². The molecule has 0 amide bonds. The van der Waals surface area contributed by atoms with Crippen molar-refractivity contribution < 1.29 is 14.2 Å². The molecule has 4 N–H and O–H groups in total. The van der Waals surface area contributed by atoms with E-state index < -0.39 is 23.2 Å². The van der Waals surface area contributed by atoms with E-state index in [0.717, 1.165) is 42.5 Å². The highest BCUT2D eigenvalue weighted by Crippen LogP contribution is 2.47. The number of aliphatic hydroxyl groups excluding tert-OH is 1. The molecule has 0 spiro atoms. The molecule has 5 rings (SSSR count). The van der Waals surface area contributed by atoms with Crippen LogP contribution in [0.5, 0.6) is 5.75 Å². The number of nitrogens with one attached hydrogen (secondary N) is 1. The highest BCUT2D eigenvalue weighted by atomic mass is 32.1. The summed E-state index contributed by atoms with van der Waals surface area (Å²) in [5.74, 6) is -0.841. The van der Waals surface area contributed by atoms with Crippen molar-refractivity contribution in [3.8, 4) is 16.2 Å². The Morgan fingerprint density at radius 3 is 2.78 bits per heavy atom. The van der Waals surface area contributed by atoms with Gasteiger partial charge in [0.2, 0.25) is 0 Å². The van der Waals surface area contributed by atoms with Gasteiger partial charge in [0.05, 0.1) is 18.7 Å². The Balaban J connectivity index is 1.82. The number of ether oxygens (including phenoxy) is 1. The molecule has 2 heterocycles. The lowest BCUT2D eigenvalue weighted by Gasteiger charge is -2.26. The summed E-state index contributed by atoms with van der Waals surface area (Å²) in [7, 11) is 1.33. The molecule has 2 unspecified atom stereocenters. The normalized spacial score (nSPS) is 19.2. The van der Waals surface area contributed by atoms with Crippen LogP contribution in [0.2, 0.25) is 0 Å². The number of halogens is 1. The van der Waals surface area contributed by atoms with Gasteiger partial charge >= 0.3 is 5.69 Å². The highest BCUT2D eigenvalue weighted by Gasteiger charge is 2.33. The van der Waals surface area contributed by atoms with E-state index in [1.54, 1.807) is 11.5 Å². The summed E-state index contributed by atoms with van der Waals surface area (Å²) in [5.41, 5.74) is 6.91. The maximum Gasteiger partial charge on any atom is 0.329 e. The van der Waals surface area contributed by atoms with Crippen LogP contribution in [-0.2, 0) is 6.42 Å². The van der Waals surface area contributed by atoms with Crippen LogP contribution in [0.4, 0.5) is 4.39 Å². The number of aryl methyl sites for hydroxylation is 2. The van der Waals surface area contributed by atoms with E-state index in [4.69, 9.17) is 10.5 Å². The maximum atomic E-state index is 15.8. The minimum Gasteiger partial charge on any atom is -0.493 e. The Hall–Kier alpha value is -2.49. The van der Waals surface area contributed by atoms with Crippen LogP contribution in [0.3, 0.4) is 0 Å². The Labute approximate surface area is 187 Å². The fourth-order valence-corrected chi connectivity index (χ4v) is 6.45. The van der Waals surface area contributed by atoms with E-state index in [0.29, 0.717) is 21.5 Å². The molecule has 7 nitrogen and oxygen atoms in total. The van der Waals surface area contributed by atoms with Crippen molar-refractivity contribution in [2.24, 2.45) is 5.73 Å². The van der Waals surface area contributed by atoms with E-state index in [2.05, 4.69) is 4.98 Å². The first-order chi connectivity index (χ1) is 15.4. The number of hydrogen-bond acceptors (Lipinski definition) is 6. The van der Waals surface area contributed by atoms with Crippen molar-refractivity contribution in [2.75, 3.05) is 13.7 Å². The molecule has 9 heteroatoms. The van der Waals surface area contributed by atoms with Crippen molar-refractivity contribution in [2.45, 2.75) is 57.1 Å². The van der Waals surface area contributed by atoms with Crippen LogP contribution >= 0.6 is 11.3 Å². The topological polar surface area (TPSA) is 110 Å². The number of methoxy groups -OCH3 is 1. The van der Waals surface area contributed by atoms with E-state index in [9.17, 15) is 14.7 Å². The van der Waals surface area contributed by atoms with Crippen LogP contribution in [0, 0.1) is 12.7 Å². The molecular weight excluding hydrogens is 433 g/mol. The third-order valence-corrected chi connectivity index (χ3v) is 7.98. The lowest BCUT2D eigenvalue weighted by Crippen LogP contribution is -2.31. The van der Waals surface area contributed by atoms with Crippen LogP contribution in [0.25, 0.3) is 21.3 Å². The summed E-state index contributed by atoms with van der Waals surface area (Å²) >= 11 is 1.49. The average Bonchev–Trinajstić information content (AvgIpc) is 3.51. The maximum absolute atomic E-state index is 15.8. The molecule has 2 aromatic heterocycles. The molecule has 2 atom stereocenters. The summed E-state index contributed by atoms with van der Waals surface area (Å²) in [4.78, 5) is 29.5. The number of aromatic amines is 1. The largest absolute Gasteiger partial charge is 0.493 e. The molecule has 2 aliphatic rings. The number of rotatable bonds is 5. The van der Waals surface area contributed by atoms with Crippen LogP contribution in [0.1, 0.15) is 53.6 Å². The summed E-state index contributed by atoms with van der Waals surface area (Å²) in [6.07, 6.45) is 3.66. The van der Waals surface area contributed by atoms with Gasteiger partial charge in [-0.1, -0.05) is 0 Å². The molecule has 0 aliphatic heterocycles. The molecule has 1 fully saturated rings. The highest BCUT2D eigenvalue weighted by molar-refractivity contribution is 7.15. The van der Waals surface area contributed by atoms with E-state index in [1.165, 1.54) is 18.4 Å². The fraction of sp³-hybridized carbons (Fsp3) is 0.478. The van der Waals surface area contributed by atoms with Crippen molar-refractivity contribution >= 4 is 22.2 Å². The predicted octanol–water partition coefficient (Wildman–Crippen LogP) is 2.95. The number of fused-ring (bicyclic) bond motifs is 2. The average molecular weight is 460 g/mol. The minimum atomic E-state index is -0.649. The third kappa shape index (κ3) is 3.14. The van der Waals surface area contributed by atoms with E-state index >= 15 is 4.39 Å². The molecule has 32 heavy (non-hydrogen) atoms. The zero-order valence-corrected chi connectivity index (χ0v) is 18.9. The first kappa shape index (κ1) is 21.4. The molecule has 0 radical (unpaired) electrons. The van der Waals surface area contributed by atoms with E-state index in [-0.39, 0.29) is 29.6 Å². The lowest BCUT2D eigenvalue weighted by atomic mass is 9.83. The van der Waals surface area contributed by atoms with Gasteiger partial charge in [0.15, 0.2) is 11.6 Å². The minimum absolute atomic E-state index is 0.0100. The zero-order chi connectivity index (χ0) is 22.7. The Morgan fingerprint density at radius 2 is 2.12 bits per heavy atom. The number of hydrogen-bond donors (Lipinski definition) is 3. The van der Waals surface area contributed by atoms with Gasteiger partial charge in [-0.05, 0) is 56.2 Å². The van der Waals surface area contributed by atoms with Gasteiger partial charge in [-0.25, -0.2) is 9.18 Å². The van der Waals surface area contributed by atoms with Crippen molar-refractivity contribution in [3.05, 3.63) is 48.7 Å². The second kappa shape index (κ2) is 7.83. The van der Waals surface area contributed by atoms with Gasteiger partial charge in [0.25, 0.3) is 5.56 Å². The smallest absolute Gasteiger partial charge is 0.329 e. The fourth-order valence-electron chi connectivity index (χ4n) is 5.08. The van der Waals surface area contributed by atoms with Gasteiger partial charge in [0.1, 0.15) is 5.39 Å². The Morgan fingerprint density at radius 1 is 1.38 bits per heavy atom. The number of aliphatic hydroxyl groups is 1. The predicted molar refractivity (Wildman–Crippen MR) is 122 cm³/mol. The van der Waals surface area contributed by atoms with E-state index in [1.807, 2.05) is 6.07 Å². The molecule has 0 bridgehead atoms. The molecule has 170 valence electrons. The number of thiophene rings is 1. The SMILES string of the molecule is COc1c(F)c(-c2cc3c(s2)CCCC3C(O)CN)c(C)c2c1c(=O)[nH]c(=O)n2C1CC1. The van der Waals surface area contributed by atoms with Crippen molar-refractivity contribution in [3.63, 3.8) is 0 Å². The van der Waals surface area contributed by atoms with Gasteiger partial charge in [-0.3, -0.25) is 14.3 Å². The van der Waals surface area contributed by atoms with Gasteiger partial charge in [0, 0.05) is 33.8 Å². The summed E-state index contributed by atoms with van der Waals surface area (Å²) in [6.45, 7) is 1.92. The van der Waals surface area contributed by atoms with Crippen molar-refractivity contribution in [1.29, 1.82) is 0 Å². The molecule has 2 aliphatic carbocycles. The second-order valence-corrected chi connectivity index (χ2v) is 9.86. The number of nitrogens with zero attached hydrogens (tertiary/aromatic N) is 1. The Bertz CT molecular complexity index is 1340. The number of aromatic nitrogens is 2. The summed E-state index contributed by atoms with van der Waals surface area (Å²) in [5, 5.41) is 10.5. The number of H-pyrrole nitrogens is 1. The zero-order valence-electron chi connectivity index (χ0n) is 18.0. The summed E-state index contributed by atoms with van der Waals surface area (Å²) < 4.78 is 22.8. The van der Waals surface area contributed by atoms with Crippen molar-refractivity contribution in [1.82, 2.24) is 9.55 Å². The number of benzene rings is 1. The second-order valence-electron chi connectivity index (χ2n) is 8.72. The summed E-state index contributed by atoms with van der Waals surface area (Å²) in [6, 6.07) is 1.93. The van der Waals surface area contributed by atoms with Gasteiger partial charge < -0.3 is 15.6 Å². The molecule has 3 aromatic rings. The Kier molecular flexibility index (Phi) is 5.22. The molecule has 1 aromatic carbocycles. The van der Waals surface area contributed by atoms with Gasteiger partial charge in [-0.15, -0.1) is 11.3 Å². The lowest BCUT2D eigenvalue weighted by molar-refractivity contribution is 0.142. The van der Waals surface area contributed by atoms with Gasteiger partial charge in [-0.2, -0.15) is 0 Å². The van der Waals surface area contributed by atoms with Crippen LogP contribution < -0.4 is 21.7 Å². The monoisotopic (exact) mass is 459 g/mol. The third-order valence-electron chi connectivity index (χ3n) is 6.75. The van der Waals surface area contributed by atoms with Crippen LogP contribution in [0.15, 0.2) is 15.7 Å².